The normalized spacial score (nSPS) is 34.9. The van der Waals surface area contributed by atoms with Gasteiger partial charge in [0.05, 0.1) is 124 Å². The monoisotopic (exact) mass is 1690 g/mol. The molecule has 4 fully saturated rings. The van der Waals surface area contributed by atoms with E-state index in [9.17, 15) is 0 Å². The molecule has 31 aliphatic rings. The smallest absolute Gasteiger partial charge is 0.326 e. The van der Waals surface area contributed by atoms with Crippen molar-refractivity contribution >= 4 is 91.6 Å². The highest BCUT2D eigenvalue weighted by atomic mass is 16.6. The minimum absolute atomic E-state index is 0.110. The molecule has 12 spiro atoms. The molecule has 7 aromatic carbocycles. The molecule has 0 radical (unpaired) electrons. The van der Waals surface area contributed by atoms with Crippen molar-refractivity contribution in [3.8, 4) is 89.5 Å². The highest BCUT2D eigenvalue weighted by Crippen LogP contribution is 3.14. The van der Waals surface area contributed by atoms with E-state index in [1.165, 1.54) is 0 Å². The van der Waals surface area contributed by atoms with Crippen LogP contribution in [0.25, 0.3) is 133 Å². The molecule has 42 rings (SSSR count). The summed E-state index contributed by atoms with van der Waals surface area (Å²) >= 11 is 0. The fraction of sp³-hybridized carbons (Fsp3) is 0.327. The Kier molecular flexibility index (Phi) is 7.74. The van der Waals surface area contributed by atoms with Crippen molar-refractivity contribution in [1.29, 1.82) is 0 Å². The molecular weight excluding hydrogens is 1630 g/mol. The van der Waals surface area contributed by atoms with Crippen LogP contribution in [0.5, 0.6) is 0 Å². The molecule has 0 saturated heterocycles. The third-order valence-corrected chi connectivity index (χ3v) is 42.8. The highest BCUT2D eigenvalue weighted by molar-refractivity contribution is 6.49. The summed E-state index contributed by atoms with van der Waals surface area (Å²) in [6.07, 6.45) is 7.91. The van der Waals surface area contributed by atoms with E-state index in [0.717, 1.165) is 278 Å². The molecule has 11 aromatic rings. The highest BCUT2D eigenvalue weighted by Gasteiger charge is 3.16. The standard InChI is InChI=1S/C110H58N4O16/c1-9-123-87(115)107(88(116)124-10-2)99-65-38-35-36-41-39-37(35)66-52(65)54-70-44-45-62-47-49-64-51-50-63-48-46(61(44)95(62)29-31-21-17-25-111-82(31)84-33(97(63,64)95)23-19-27-113-84)72(54)102(99,107)74(48)55-53-67(99)40(38)42-43-69(53)103(75(50)55)105(109(103,91(119)127-13-5)92(120)128-14-6)77(51)58-59-81(105)78(43)96(60(36)42)30-32-22-18-26-112-83(32)85-34(24-20-28-114-85)98(96)79(41)80-57-56(71(45)101(68(39)57)100(66,70)108(101,89(117)125-11-3)90(118)126-12-4)73(47)104(76(49)58)106(80,86(59)98)110(104,93(121)129-15-7)94(122)130-16-8/h17-28,50,75H,9-16,29-30H2,1-8H3. The third-order valence-electron chi connectivity index (χ3n) is 42.8. The van der Waals surface area contributed by atoms with Gasteiger partial charge in [-0.1, -0.05) is 24.3 Å². The largest absolute Gasteiger partial charge is 0.465 e. The van der Waals surface area contributed by atoms with Gasteiger partial charge in [-0.15, -0.1) is 0 Å². The van der Waals surface area contributed by atoms with Gasteiger partial charge in [0.15, 0.2) is 21.7 Å². The van der Waals surface area contributed by atoms with Gasteiger partial charge in [0.2, 0.25) is 0 Å². The molecule has 614 valence electrons. The molecule has 0 N–H and O–H groups in total. The van der Waals surface area contributed by atoms with Crippen LogP contribution in [0.3, 0.4) is 0 Å². The zero-order chi connectivity index (χ0) is 85.0. The number of nitrogens with zero attached hydrogens (tertiary/aromatic N) is 4. The molecule has 4 aromatic heterocycles. The maximum atomic E-state index is 19.0. The summed E-state index contributed by atoms with van der Waals surface area (Å²) in [7, 11) is 0. The summed E-state index contributed by atoms with van der Waals surface area (Å²) in [6.45, 7) is 13.7. The number of carbonyl (C=O) groups excluding carboxylic acids is 8. The zero-order valence-electron chi connectivity index (χ0n) is 70.5. The Balaban J connectivity index is 0.899. The van der Waals surface area contributed by atoms with E-state index in [0.29, 0.717) is 22.8 Å². The van der Waals surface area contributed by atoms with Gasteiger partial charge in [-0.25, -0.2) is 0 Å². The number of hydrogen-bond acceptors (Lipinski definition) is 20. The number of fused-ring (bicyclic) bond motifs is 6. The number of ether oxygens (including phenoxy) is 8. The average Bonchev–Trinajstić information content (AvgIpc) is 1.31. The van der Waals surface area contributed by atoms with Crippen molar-refractivity contribution in [2.75, 3.05) is 52.9 Å². The molecule has 14 atom stereocenters. The summed E-state index contributed by atoms with van der Waals surface area (Å²) in [5.41, 5.74) is 11.7. The number of rotatable bonds is 16. The number of aromatic nitrogens is 4. The SMILES string of the molecule is CCOC(=O)C1(C(=O)OCC)C23C4=C5C6=C7c8c9c%10c%11c%12c8c8c%13c%14c%15c%16c%17c(c%14%12)C%11%12C(C(=O)OCC)(C(=O)OCC)C%12%11C%12=C%10C%10C%14C%18=C%12c%12c%19c%20c(c-%17c%12%11)C%16%11C(C(=O)OCC)(C(=O)OCC)C%11%12c%11c-%15c-%13c(c2c%11-c2c%11c%13c(c-%20c2%12)C%192Cc%12cccnc%12-c%12ncccc%12C%182c2c-%13c(c5c(c2%14)C62C(C(=O)OCC)(C(=O)OCC)C9%102)C%1113)C41c2cccnc2-c2ncccc2CC781. The Morgan fingerprint density at radius 2 is 0.715 bits per heavy atom. The maximum absolute atomic E-state index is 19.0. The molecule has 0 amide bonds. The number of pyridine rings is 4. The summed E-state index contributed by atoms with van der Waals surface area (Å²) in [5.74, 6) is -7.49. The number of carbonyl (C=O) groups is 8. The van der Waals surface area contributed by atoms with E-state index in [4.69, 9.17) is 57.8 Å². The molecule has 31 aliphatic carbocycles. The van der Waals surface area contributed by atoms with E-state index < -0.39 is 146 Å². The van der Waals surface area contributed by atoms with Gasteiger partial charge in [-0.3, -0.25) is 58.3 Å². The zero-order valence-corrected chi connectivity index (χ0v) is 70.5. The summed E-state index contributed by atoms with van der Waals surface area (Å²) < 4.78 is 57.5. The van der Waals surface area contributed by atoms with Crippen LogP contribution < -0.4 is 0 Å². The Bertz CT molecular complexity index is 9100. The predicted molar refractivity (Wildman–Crippen MR) is 454 cm³/mol. The second kappa shape index (κ2) is 15.9. The fourth-order valence-electron chi connectivity index (χ4n) is 43.6. The van der Waals surface area contributed by atoms with Crippen molar-refractivity contribution in [3.05, 3.63) is 240 Å². The second-order valence-electron chi connectivity index (χ2n) is 42.6. The summed E-state index contributed by atoms with van der Waals surface area (Å²) in [5, 5.41) is 3.55. The van der Waals surface area contributed by atoms with Crippen molar-refractivity contribution in [2.45, 2.75) is 139 Å². The molecule has 0 aliphatic heterocycles. The van der Waals surface area contributed by atoms with Crippen LogP contribution in [-0.4, -0.2) is 121 Å². The maximum Gasteiger partial charge on any atom is 0.326 e. The lowest BCUT2D eigenvalue weighted by Gasteiger charge is -2.58. The van der Waals surface area contributed by atoms with Gasteiger partial charge in [-0.05, 0) is 370 Å². The molecule has 4 heterocycles. The first-order valence-electron chi connectivity index (χ1n) is 47.1. The molecule has 20 nitrogen and oxygen atoms in total. The minimum Gasteiger partial charge on any atom is -0.465 e. The van der Waals surface area contributed by atoms with E-state index in [1.54, 1.807) is 0 Å². The van der Waals surface area contributed by atoms with Gasteiger partial charge in [-0.2, -0.15) is 0 Å². The van der Waals surface area contributed by atoms with E-state index in [-0.39, 0.29) is 65.7 Å². The quantitative estimate of drug-likeness (QED) is 0.0377. The molecule has 130 heavy (non-hydrogen) atoms. The minimum atomic E-state index is -2.41. The van der Waals surface area contributed by atoms with Crippen molar-refractivity contribution in [3.63, 3.8) is 0 Å². The van der Waals surface area contributed by atoms with Crippen LogP contribution in [0, 0.1) is 27.6 Å². The van der Waals surface area contributed by atoms with Crippen LogP contribution in [0.2, 0.25) is 0 Å². The number of benzene rings is 7. The molecule has 20 heteroatoms. The topological polar surface area (TPSA) is 262 Å². The van der Waals surface area contributed by atoms with Crippen LogP contribution in [-0.2, 0) is 154 Å². The van der Waals surface area contributed by atoms with E-state index >= 15 is 38.4 Å². The van der Waals surface area contributed by atoms with Crippen molar-refractivity contribution in [1.82, 2.24) is 19.9 Å². The fourth-order valence-corrected chi connectivity index (χ4v) is 43.6. The lowest BCUT2D eigenvalue weighted by Crippen LogP contribution is -2.57. The van der Waals surface area contributed by atoms with Gasteiger partial charge in [0.25, 0.3) is 0 Å². The Hall–Kier alpha value is -13.6. The molecule has 4 saturated carbocycles. The first kappa shape index (κ1) is 63.4. The number of allylic oxidation sites excluding steroid dienone is 8. The van der Waals surface area contributed by atoms with Crippen molar-refractivity contribution in [2.24, 2.45) is 27.6 Å². The molecule has 0 bridgehead atoms. The average molecular weight is 1690 g/mol. The van der Waals surface area contributed by atoms with Crippen molar-refractivity contribution < 1.29 is 76.3 Å². The Labute approximate surface area is 732 Å². The lowest BCUT2D eigenvalue weighted by molar-refractivity contribution is -0.168. The van der Waals surface area contributed by atoms with Crippen LogP contribution in [0.4, 0.5) is 0 Å². The van der Waals surface area contributed by atoms with Gasteiger partial charge in [0, 0.05) is 52.9 Å². The van der Waals surface area contributed by atoms with Gasteiger partial charge < -0.3 is 37.9 Å². The van der Waals surface area contributed by atoms with Gasteiger partial charge >= 0.3 is 47.8 Å². The molecule has 14 unspecified atom stereocenters. The van der Waals surface area contributed by atoms with Crippen LogP contribution >= 0.6 is 0 Å². The Morgan fingerprint density at radius 3 is 1.29 bits per heavy atom. The second-order valence-corrected chi connectivity index (χ2v) is 42.6. The third kappa shape index (κ3) is 3.65. The summed E-state index contributed by atoms with van der Waals surface area (Å²) in [6, 6.07) is 17.2. The van der Waals surface area contributed by atoms with E-state index in [2.05, 4.69) is 30.3 Å². The lowest BCUT2D eigenvalue weighted by atomic mass is 9.41. The van der Waals surface area contributed by atoms with Crippen LogP contribution in [0.1, 0.15) is 206 Å². The summed E-state index contributed by atoms with van der Waals surface area (Å²) in [4.78, 5) is 173. The molecular formula is C110H58N4O16. The Morgan fingerprint density at radius 1 is 0.308 bits per heavy atom. The first-order chi connectivity index (χ1) is 63.6. The van der Waals surface area contributed by atoms with Crippen LogP contribution in [0.15, 0.2) is 95.6 Å². The number of esters is 8. The first-order valence-corrected chi connectivity index (χ1v) is 47.1. The van der Waals surface area contributed by atoms with Gasteiger partial charge in [0.1, 0.15) is 0 Å². The van der Waals surface area contributed by atoms with E-state index in [1.807, 2.05) is 98.4 Å². The number of hydrogen-bond donors (Lipinski definition) is 0. The predicted octanol–water partition coefficient (Wildman–Crippen LogP) is 12.9.